The Morgan fingerprint density at radius 2 is 1.71 bits per heavy atom. The summed E-state index contributed by atoms with van der Waals surface area (Å²) < 4.78 is 0. The molecule has 0 aliphatic heterocycles. The van der Waals surface area contributed by atoms with Gasteiger partial charge in [0.05, 0.1) is 11.4 Å². The van der Waals surface area contributed by atoms with Crippen LogP contribution in [0.5, 0.6) is 0 Å². The van der Waals surface area contributed by atoms with E-state index in [1.54, 1.807) is 30.5 Å². The van der Waals surface area contributed by atoms with Gasteiger partial charge >= 0.3 is 0 Å². The molecule has 0 aliphatic rings. The highest BCUT2D eigenvalue weighted by Gasteiger charge is 2.08. The Kier molecular flexibility index (Phi) is 5.55. The average Bonchev–Trinajstić information content (AvgIpc) is 2.57. The van der Waals surface area contributed by atoms with E-state index in [9.17, 15) is 4.79 Å². The number of aryl methyl sites for hydroxylation is 1. The van der Waals surface area contributed by atoms with Crippen LogP contribution in [0.25, 0.3) is 11.1 Å². The number of aromatic nitrogens is 1. The van der Waals surface area contributed by atoms with Crippen molar-refractivity contribution in [3.05, 3.63) is 78.1 Å². The largest absolute Gasteiger partial charge is 0.397 e. The van der Waals surface area contributed by atoms with Gasteiger partial charge in [0.1, 0.15) is 0 Å². The van der Waals surface area contributed by atoms with Gasteiger partial charge in [0.25, 0.3) is 5.91 Å². The van der Waals surface area contributed by atoms with Gasteiger partial charge in [0.2, 0.25) is 0 Å². The molecule has 0 atom stereocenters. The number of carbonyl (C=O) groups is 1. The summed E-state index contributed by atoms with van der Waals surface area (Å²) in [6.07, 6.45) is 1.78. The van der Waals surface area contributed by atoms with Crippen LogP contribution >= 0.6 is 12.4 Å². The fraction of sp³-hybridized carbons (Fsp3) is 0.0526. The van der Waals surface area contributed by atoms with Crippen LogP contribution in [0.1, 0.15) is 16.1 Å². The SMILES string of the molecule is Cc1cc(-c2ccc(C(=O)Nc3ccccc3N)cc2)ccn1.Cl. The molecule has 0 saturated carbocycles. The molecule has 0 bridgehead atoms. The second kappa shape index (κ2) is 7.62. The van der Waals surface area contributed by atoms with Gasteiger partial charge in [-0.15, -0.1) is 12.4 Å². The number of anilines is 2. The van der Waals surface area contributed by atoms with Crippen molar-refractivity contribution in [1.29, 1.82) is 0 Å². The van der Waals surface area contributed by atoms with Crippen LogP contribution in [0, 0.1) is 6.92 Å². The van der Waals surface area contributed by atoms with E-state index in [1.165, 1.54) is 0 Å². The van der Waals surface area contributed by atoms with Gasteiger partial charge in [0.15, 0.2) is 0 Å². The van der Waals surface area contributed by atoms with E-state index in [4.69, 9.17) is 5.73 Å². The average molecular weight is 340 g/mol. The first-order valence-corrected chi connectivity index (χ1v) is 7.32. The molecule has 4 nitrogen and oxygen atoms in total. The van der Waals surface area contributed by atoms with Crippen LogP contribution in [0.15, 0.2) is 66.9 Å². The van der Waals surface area contributed by atoms with Crippen molar-refractivity contribution in [1.82, 2.24) is 4.98 Å². The summed E-state index contributed by atoms with van der Waals surface area (Å²) in [6, 6.07) is 18.6. The van der Waals surface area contributed by atoms with Gasteiger partial charge in [-0.05, 0) is 54.4 Å². The fourth-order valence-corrected chi connectivity index (χ4v) is 2.34. The predicted octanol–water partition coefficient (Wildman–Crippen LogP) is 4.31. The Hall–Kier alpha value is -2.85. The van der Waals surface area contributed by atoms with Crippen LogP contribution in [0.2, 0.25) is 0 Å². The maximum Gasteiger partial charge on any atom is 0.255 e. The van der Waals surface area contributed by atoms with E-state index < -0.39 is 0 Å². The molecular formula is C19H18ClN3O. The molecule has 1 amide bonds. The number of hydrogen-bond donors (Lipinski definition) is 2. The van der Waals surface area contributed by atoms with Crippen LogP contribution < -0.4 is 11.1 Å². The molecule has 1 heterocycles. The van der Waals surface area contributed by atoms with Crippen molar-refractivity contribution < 1.29 is 4.79 Å². The molecule has 0 fully saturated rings. The molecule has 0 spiro atoms. The molecule has 24 heavy (non-hydrogen) atoms. The first-order valence-electron chi connectivity index (χ1n) is 7.32. The number of benzene rings is 2. The molecule has 5 heteroatoms. The van der Waals surface area contributed by atoms with E-state index in [2.05, 4.69) is 10.3 Å². The van der Waals surface area contributed by atoms with E-state index in [0.717, 1.165) is 16.8 Å². The number of nitrogens with zero attached hydrogens (tertiary/aromatic N) is 1. The number of halogens is 1. The molecule has 3 N–H and O–H groups in total. The van der Waals surface area contributed by atoms with Crippen LogP contribution in [-0.2, 0) is 0 Å². The van der Waals surface area contributed by atoms with Crippen molar-refractivity contribution in [2.24, 2.45) is 0 Å². The minimum absolute atomic E-state index is 0. The standard InChI is InChI=1S/C19H17N3O.ClH/c1-13-12-16(10-11-21-13)14-6-8-15(9-7-14)19(23)22-18-5-3-2-4-17(18)20;/h2-12H,20H2,1H3,(H,22,23);1H. The summed E-state index contributed by atoms with van der Waals surface area (Å²) in [5.41, 5.74) is 10.7. The second-order valence-electron chi connectivity index (χ2n) is 5.30. The summed E-state index contributed by atoms with van der Waals surface area (Å²) in [6.45, 7) is 1.95. The molecule has 0 aliphatic carbocycles. The van der Waals surface area contributed by atoms with Gasteiger partial charge in [-0.3, -0.25) is 9.78 Å². The van der Waals surface area contributed by atoms with Crippen molar-refractivity contribution >= 4 is 29.7 Å². The number of nitrogen functional groups attached to an aromatic ring is 1. The number of pyridine rings is 1. The van der Waals surface area contributed by atoms with Crippen molar-refractivity contribution in [3.63, 3.8) is 0 Å². The van der Waals surface area contributed by atoms with Gasteiger partial charge in [-0.1, -0.05) is 24.3 Å². The lowest BCUT2D eigenvalue weighted by atomic mass is 10.0. The monoisotopic (exact) mass is 339 g/mol. The summed E-state index contributed by atoms with van der Waals surface area (Å²) >= 11 is 0. The zero-order valence-corrected chi connectivity index (χ0v) is 14.0. The molecule has 2 aromatic carbocycles. The number of rotatable bonds is 3. The highest BCUT2D eigenvalue weighted by atomic mass is 35.5. The molecule has 122 valence electrons. The van der Waals surface area contributed by atoms with Crippen LogP contribution in [0.4, 0.5) is 11.4 Å². The molecule has 0 saturated heterocycles. The first-order chi connectivity index (χ1) is 11.1. The Bertz CT molecular complexity index is 847. The maximum absolute atomic E-state index is 12.3. The lowest BCUT2D eigenvalue weighted by Gasteiger charge is -2.08. The molecule has 3 aromatic rings. The summed E-state index contributed by atoms with van der Waals surface area (Å²) in [7, 11) is 0. The normalized spacial score (nSPS) is 9.88. The smallest absolute Gasteiger partial charge is 0.255 e. The summed E-state index contributed by atoms with van der Waals surface area (Å²) in [5.74, 6) is -0.180. The molecule has 0 radical (unpaired) electrons. The quantitative estimate of drug-likeness (QED) is 0.698. The van der Waals surface area contributed by atoms with Crippen molar-refractivity contribution in [3.8, 4) is 11.1 Å². The fourth-order valence-electron chi connectivity index (χ4n) is 2.34. The Morgan fingerprint density at radius 1 is 1.00 bits per heavy atom. The van der Waals surface area contributed by atoms with E-state index in [-0.39, 0.29) is 18.3 Å². The molecule has 1 aromatic heterocycles. The Balaban J connectivity index is 0.00000208. The van der Waals surface area contributed by atoms with Crippen LogP contribution in [-0.4, -0.2) is 10.9 Å². The maximum atomic E-state index is 12.3. The van der Waals surface area contributed by atoms with Crippen molar-refractivity contribution in [2.45, 2.75) is 6.92 Å². The number of para-hydroxylation sites is 2. The topological polar surface area (TPSA) is 68.0 Å². The highest BCUT2D eigenvalue weighted by molar-refractivity contribution is 6.05. The highest BCUT2D eigenvalue weighted by Crippen LogP contribution is 2.21. The zero-order chi connectivity index (χ0) is 16.2. The summed E-state index contributed by atoms with van der Waals surface area (Å²) in [5, 5.41) is 2.82. The number of amides is 1. The lowest BCUT2D eigenvalue weighted by Crippen LogP contribution is -2.12. The minimum atomic E-state index is -0.180. The molecule has 3 rings (SSSR count). The predicted molar refractivity (Wildman–Crippen MR) is 100 cm³/mol. The van der Waals surface area contributed by atoms with Gasteiger partial charge < -0.3 is 11.1 Å². The summed E-state index contributed by atoms with van der Waals surface area (Å²) in [4.78, 5) is 16.5. The number of carbonyl (C=O) groups excluding carboxylic acids is 1. The van der Waals surface area contributed by atoms with Crippen LogP contribution in [0.3, 0.4) is 0 Å². The van der Waals surface area contributed by atoms with E-state index in [1.807, 2.05) is 43.3 Å². The van der Waals surface area contributed by atoms with Gasteiger partial charge in [0, 0.05) is 17.5 Å². The minimum Gasteiger partial charge on any atom is -0.397 e. The molecule has 0 unspecified atom stereocenters. The lowest BCUT2D eigenvalue weighted by molar-refractivity contribution is 0.102. The third-order valence-electron chi connectivity index (χ3n) is 3.59. The Labute approximate surface area is 147 Å². The van der Waals surface area contributed by atoms with Crippen molar-refractivity contribution in [2.75, 3.05) is 11.1 Å². The zero-order valence-electron chi connectivity index (χ0n) is 13.2. The number of nitrogens with two attached hydrogens (primary N) is 1. The van der Waals surface area contributed by atoms with Gasteiger partial charge in [-0.25, -0.2) is 0 Å². The Morgan fingerprint density at radius 3 is 2.38 bits per heavy atom. The second-order valence-corrected chi connectivity index (χ2v) is 5.30. The third kappa shape index (κ3) is 3.91. The van der Waals surface area contributed by atoms with Gasteiger partial charge in [-0.2, -0.15) is 0 Å². The van der Waals surface area contributed by atoms with E-state index in [0.29, 0.717) is 16.9 Å². The number of hydrogen-bond acceptors (Lipinski definition) is 3. The third-order valence-corrected chi connectivity index (χ3v) is 3.59. The van der Waals surface area contributed by atoms with E-state index >= 15 is 0 Å². The first kappa shape index (κ1) is 17.5. The number of nitrogens with one attached hydrogen (secondary N) is 1. The molecular weight excluding hydrogens is 322 g/mol.